The predicted octanol–water partition coefficient (Wildman–Crippen LogP) is 1.74. The summed E-state index contributed by atoms with van der Waals surface area (Å²) in [5, 5.41) is 10.7. The van der Waals surface area contributed by atoms with Crippen LogP contribution >= 0.6 is 11.3 Å². The van der Waals surface area contributed by atoms with E-state index in [1.165, 1.54) is 16.2 Å². The molecule has 0 atom stereocenters. The van der Waals surface area contributed by atoms with E-state index >= 15 is 0 Å². The van der Waals surface area contributed by atoms with Crippen LogP contribution in [0, 0.1) is 11.3 Å². The standard InChI is InChI=1S/C10H10N2OS/c1-12(2)10(13)8(7-11)6-9-4-3-5-14-9/h3-6H,1-2H3/b8-6-. The van der Waals surface area contributed by atoms with Crippen LogP contribution in [0.3, 0.4) is 0 Å². The van der Waals surface area contributed by atoms with Gasteiger partial charge in [0.25, 0.3) is 5.91 Å². The number of hydrogen-bond acceptors (Lipinski definition) is 3. The molecule has 0 N–H and O–H groups in total. The molecule has 14 heavy (non-hydrogen) atoms. The minimum Gasteiger partial charge on any atom is -0.344 e. The Morgan fingerprint density at radius 1 is 1.64 bits per heavy atom. The van der Waals surface area contributed by atoms with E-state index in [-0.39, 0.29) is 11.5 Å². The number of carbonyl (C=O) groups is 1. The number of rotatable bonds is 2. The Morgan fingerprint density at radius 3 is 2.79 bits per heavy atom. The van der Waals surface area contributed by atoms with Crippen molar-refractivity contribution < 1.29 is 4.79 Å². The summed E-state index contributed by atoms with van der Waals surface area (Å²) in [6, 6.07) is 5.64. The van der Waals surface area contributed by atoms with Crippen molar-refractivity contribution in [1.29, 1.82) is 5.26 Å². The van der Waals surface area contributed by atoms with Crippen LogP contribution in [0.15, 0.2) is 23.1 Å². The molecule has 0 aromatic carbocycles. The molecular weight excluding hydrogens is 196 g/mol. The number of nitrogens with zero attached hydrogens (tertiary/aromatic N) is 2. The first-order valence-electron chi connectivity index (χ1n) is 4.02. The summed E-state index contributed by atoms with van der Waals surface area (Å²) in [7, 11) is 3.25. The van der Waals surface area contributed by atoms with Gasteiger partial charge in [0.1, 0.15) is 11.6 Å². The number of nitriles is 1. The van der Waals surface area contributed by atoms with Gasteiger partial charge in [0.05, 0.1) is 0 Å². The molecule has 4 heteroatoms. The van der Waals surface area contributed by atoms with E-state index in [0.717, 1.165) is 4.88 Å². The van der Waals surface area contributed by atoms with Crippen molar-refractivity contribution in [2.75, 3.05) is 14.1 Å². The summed E-state index contributed by atoms with van der Waals surface area (Å²) in [4.78, 5) is 13.7. The lowest BCUT2D eigenvalue weighted by Gasteiger charge is -2.07. The van der Waals surface area contributed by atoms with E-state index in [1.807, 2.05) is 23.6 Å². The molecule has 1 heterocycles. The zero-order valence-corrected chi connectivity index (χ0v) is 8.84. The van der Waals surface area contributed by atoms with Crippen LogP contribution in [-0.4, -0.2) is 24.9 Å². The van der Waals surface area contributed by atoms with Gasteiger partial charge in [-0.15, -0.1) is 11.3 Å². The molecular formula is C10H10N2OS. The fourth-order valence-electron chi connectivity index (χ4n) is 0.898. The van der Waals surface area contributed by atoms with E-state index in [4.69, 9.17) is 5.26 Å². The van der Waals surface area contributed by atoms with Gasteiger partial charge in [-0.2, -0.15) is 5.26 Å². The van der Waals surface area contributed by atoms with Crippen LogP contribution in [0.1, 0.15) is 4.88 Å². The maximum absolute atomic E-state index is 11.4. The number of amides is 1. The lowest BCUT2D eigenvalue weighted by Crippen LogP contribution is -2.22. The molecule has 1 rings (SSSR count). The molecule has 0 spiro atoms. The Balaban J connectivity index is 2.94. The van der Waals surface area contributed by atoms with Gasteiger partial charge >= 0.3 is 0 Å². The second kappa shape index (κ2) is 4.58. The fraction of sp³-hybridized carbons (Fsp3) is 0.200. The highest BCUT2D eigenvalue weighted by Crippen LogP contribution is 2.13. The highest BCUT2D eigenvalue weighted by atomic mass is 32.1. The number of thiophene rings is 1. The number of carbonyl (C=O) groups excluding carboxylic acids is 1. The Labute approximate surface area is 86.9 Å². The normalized spacial score (nSPS) is 10.8. The molecule has 0 aliphatic rings. The van der Waals surface area contributed by atoms with Gasteiger partial charge in [0, 0.05) is 19.0 Å². The third-order valence-corrected chi connectivity index (χ3v) is 2.41. The quantitative estimate of drug-likeness (QED) is 0.546. The average molecular weight is 206 g/mol. The van der Waals surface area contributed by atoms with Crippen LogP contribution in [0.25, 0.3) is 6.08 Å². The van der Waals surface area contributed by atoms with Crippen molar-refractivity contribution in [2.45, 2.75) is 0 Å². The predicted molar refractivity (Wildman–Crippen MR) is 56.6 cm³/mol. The van der Waals surface area contributed by atoms with Crippen LogP contribution in [0.5, 0.6) is 0 Å². The van der Waals surface area contributed by atoms with Gasteiger partial charge in [0.15, 0.2) is 0 Å². The molecule has 0 aliphatic heterocycles. The monoisotopic (exact) mass is 206 g/mol. The molecule has 0 radical (unpaired) electrons. The Morgan fingerprint density at radius 2 is 2.36 bits per heavy atom. The molecule has 0 fully saturated rings. The van der Waals surface area contributed by atoms with Crippen LogP contribution < -0.4 is 0 Å². The van der Waals surface area contributed by atoms with E-state index < -0.39 is 0 Å². The first kappa shape index (κ1) is 10.5. The molecule has 72 valence electrons. The molecule has 1 amide bonds. The summed E-state index contributed by atoms with van der Waals surface area (Å²) in [6.07, 6.45) is 1.60. The van der Waals surface area contributed by atoms with Gasteiger partial charge in [0.2, 0.25) is 0 Å². The Hall–Kier alpha value is -1.60. The van der Waals surface area contributed by atoms with Gasteiger partial charge in [-0.25, -0.2) is 0 Å². The third-order valence-electron chi connectivity index (χ3n) is 1.59. The zero-order chi connectivity index (χ0) is 10.6. The molecule has 1 aromatic heterocycles. The maximum Gasteiger partial charge on any atom is 0.264 e. The summed E-state index contributed by atoms with van der Waals surface area (Å²) < 4.78 is 0. The first-order valence-corrected chi connectivity index (χ1v) is 4.90. The van der Waals surface area contributed by atoms with Crippen molar-refractivity contribution >= 4 is 23.3 Å². The second-order valence-electron chi connectivity index (χ2n) is 2.88. The fourth-order valence-corrected chi connectivity index (χ4v) is 1.56. The van der Waals surface area contributed by atoms with Crippen molar-refractivity contribution in [2.24, 2.45) is 0 Å². The van der Waals surface area contributed by atoms with Gasteiger partial charge in [-0.05, 0) is 17.5 Å². The smallest absolute Gasteiger partial charge is 0.264 e. The van der Waals surface area contributed by atoms with Crippen LogP contribution in [-0.2, 0) is 4.79 Å². The van der Waals surface area contributed by atoms with E-state index in [0.29, 0.717) is 0 Å². The lowest BCUT2D eigenvalue weighted by atomic mass is 10.2. The molecule has 3 nitrogen and oxygen atoms in total. The summed E-state index contributed by atoms with van der Waals surface area (Å²) in [6.45, 7) is 0. The van der Waals surface area contributed by atoms with E-state index in [9.17, 15) is 4.79 Å². The SMILES string of the molecule is CN(C)C(=O)/C(C#N)=C\c1cccs1. The molecule has 0 aliphatic carbocycles. The molecule has 0 bridgehead atoms. The third kappa shape index (κ3) is 2.44. The number of likely N-dealkylation sites (N-methyl/N-ethyl adjacent to an activating group) is 1. The largest absolute Gasteiger partial charge is 0.344 e. The zero-order valence-electron chi connectivity index (χ0n) is 8.02. The molecule has 0 unspecified atom stereocenters. The first-order chi connectivity index (χ1) is 6.65. The highest BCUT2D eigenvalue weighted by Gasteiger charge is 2.10. The van der Waals surface area contributed by atoms with Crippen molar-refractivity contribution in [3.05, 3.63) is 28.0 Å². The summed E-state index contributed by atoms with van der Waals surface area (Å²) in [5.41, 5.74) is 0.164. The average Bonchev–Trinajstić information content (AvgIpc) is 2.65. The van der Waals surface area contributed by atoms with Gasteiger partial charge in [-0.3, -0.25) is 4.79 Å². The van der Waals surface area contributed by atoms with Gasteiger partial charge < -0.3 is 4.90 Å². The second-order valence-corrected chi connectivity index (χ2v) is 3.86. The Kier molecular flexibility index (Phi) is 3.43. The van der Waals surface area contributed by atoms with Crippen LogP contribution in [0.2, 0.25) is 0 Å². The minimum atomic E-state index is -0.263. The van der Waals surface area contributed by atoms with E-state index in [1.54, 1.807) is 20.2 Å². The lowest BCUT2D eigenvalue weighted by molar-refractivity contribution is -0.124. The maximum atomic E-state index is 11.4. The molecule has 0 saturated carbocycles. The summed E-state index contributed by atoms with van der Waals surface area (Å²) in [5.74, 6) is -0.263. The molecule has 0 saturated heterocycles. The van der Waals surface area contributed by atoms with Gasteiger partial charge in [-0.1, -0.05) is 6.07 Å². The minimum absolute atomic E-state index is 0.164. The van der Waals surface area contributed by atoms with Crippen molar-refractivity contribution in [1.82, 2.24) is 4.90 Å². The number of hydrogen-bond donors (Lipinski definition) is 0. The topological polar surface area (TPSA) is 44.1 Å². The Bertz CT molecular complexity index is 385. The van der Waals surface area contributed by atoms with Crippen molar-refractivity contribution in [3.8, 4) is 6.07 Å². The van der Waals surface area contributed by atoms with E-state index in [2.05, 4.69) is 0 Å². The van der Waals surface area contributed by atoms with Crippen molar-refractivity contribution in [3.63, 3.8) is 0 Å². The molecule has 1 aromatic rings. The summed E-state index contributed by atoms with van der Waals surface area (Å²) >= 11 is 1.50. The highest BCUT2D eigenvalue weighted by molar-refractivity contribution is 7.10. The van der Waals surface area contributed by atoms with Crippen LogP contribution in [0.4, 0.5) is 0 Å².